The lowest BCUT2D eigenvalue weighted by Gasteiger charge is -2.27. The van der Waals surface area contributed by atoms with Crippen LogP contribution < -0.4 is 4.74 Å². The van der Waals surface area contributed by atoms with Gasteiger partial charge in [-0.05, 0) is 50.2 Å². The van der Waals surface area contributed by atoms with E-state index < -0.39 is 11.1 Å². The molecule has 1 unspecified atom stereocenters. The molecule has 1 atom stereocenters. The van der Waals surface area contributed by atoms with Crippen molar-refractivity contribution in [1.29, 1.82) is 0 Å². The van der Waals surface area contributed by atoms with E-state index in [0.29, 0.717) is 23.5 Å². The predicted octanol–water partition coefficient (Wildman–Crippen LogP) is 4.54. The van der Waals surface area contributed by atoms with Crippen LogP contribution in [0.1, 0.15) is 43.6 Å². The van der Waals surface area contributed by atoms with Crippen molar-refractivity contribution in [2.75, 3.05) is 5.75 Å². The number of ether oxygens (including phenoxy) is 1. The maximum Gasteiger partial charge on any atom is 0.222 e. The number of aromatic nitrogens is 2. The van der Waals surface area contributed by atoms with Crippen molar-refractivity contribution in [3.8, 4) is 11.6 Å². The lowest BCUT2D eigenvalue weighted by atomic mass is 9.81. The van der Waals surface area contributed by atoms with E-state index >= 15 is 0 Å². The summed E-state index contributed by atoms with van der Waals surface area (Å²) in [6, 6.07) is 11.5. The SMILES string of the molecule is Cc1cc(Oc2ccccc2)nc(CCC2CCC(CS(=O)O)CC2)n1. The van der Waals surface area contributed by atoms with Gasteiger partial charge < -0.3 is 9.29 Å². The average molecular weight is 375 g/mol. The molecule has 1 aliphatic carbocycles. The van der Waals surface area contributed by atoms with Crippen molar-refractivity contribution in [1.82, 2.24) is 9.97 Å². The number of hydrogen-bond donors (Lipinski definition) is 1. The van der Waals surface area contributed by atoms with Gasteiger partial charge in [0.2, 0.25) is 5.88 Å². The summed E-state index contributed by atoms with van der Waals surface area (Å²) in [5.41, 5.74) is 0.912. The summed E-state index contributed by atoms with van der Waals surface area (Å²) in [5.74, 6) is 3.67. The molecule has 1 N–H and O–H groups in total. The summed E-state index contributed by atoms with van der Waals surface area (Å²) >= 11 is -1.66. The first-order chi connectivity index (χ1) is 12.6. The van der Waals surface area contributed by atoms with Crippen molar-refractivity contribution in [3.05, 3.63) is 47.9 Å². The minimum Gasteiger partial charge on any atom is -0.439 e. The van der Waals surface area contributed by atoms with Crippen LogP contribution in [0.5, 0.6) is 11.6 Å². The lowest BCUT2D eigenvalue weighted by Crippen LogP contribution is -2.20. The fourth-order valence-corrected chi connectivity index (χ4v) is 4.33. The Morgan fingerprint density at radius 2 is 1.81 bits per heavy atom. The largest absolute Gasteiger partial charge is 0.439 e. The van der Waals surface area contributed by atoms with E-state index in [1.54, 1.807) is 0 Å². The second-order valence-corrected chi connectivity index (χ2v) is 8.07. The summed E-state index contributed by atoms with van der Waals surface area (Å²) < 4.78 is 25.8. The first-order valence-corrected chi connectivity index (χ1v) is 10.5. The molecule has 0 radical (unpaired) electrons. The number of rotatable bonds is 7. The van der Waals surface area contributed by atoms with Gasteiger partial charge in [-0.2, -0.15) is 4.98 Å². The van der Waals surface area contributed by atoms with Crippen molar-refractivity contribution in [3.63, 3.8) is 0 Å². The Bertz CT molecular complexity index is 731. The minimum atomic E-state index is -1.66. The molecule has 26 heavy (non-hydrogen) atoms. The van der Waals surface area contributed by atoms with Gasteiger partial charge in [0.1, 0.15) is 11.6 Å². The standard InChI is InChI=1S/C20H26N2O3S/c1-15-13-20(25-18-5-3-2-4-6-18)22-19(21-15)12-11-16-7-9-17(10-8-16)14-26(23)24/h2-6,13,16-17H,7-12,14H2,1H3,(H,23,24). The molecule has 0 aliphatic heterocycles. The second-order valence-electron chi connectivity index (χ2n) is 7.09. The maximum atomic E-state index is 10.9. The van der Waals surface area contributed by atoms with Crippen LogP contribution in [0.15, 0.2) is 36.4 Å². The molecule has 140 valence electrons. The minimum absolute atomic E-state index is 0.401. The highest BCUT2D eigenvalue weighted by Crippen LogP contribution is 2.32. The van der Waals surface area contributed by atoms with Gasteiger partial charge >= 0.3 is 0 Å². The van der Waals surface area contributed by atoms with Crippen LogP contribution in [0.4, 0.5) is 0 Å². The van der Waals surface area contributed by atoms with E-state index in [1.807, 2.05) is 43.3 Å². The maximum absolute atomic E-state index is 10.9. The van der Waals surface area contributed by atoms with Crippen LogP contribution in [-0.4, -0.2) is 24.5 Å². The van der Waals surface area contributed by atoms with Crippen LogP contribution in [-0.2, 0) is 17.5 Å². The third-order valence-corrected chi connectivity index (χ3v) is 5.72. The number of benzene rings is 1. The number of nitrogens with zero attached hydrogens (tertiary/aromatic N) is 2. The molecule has 0 bridgehead atoms. The van der Waals surface area contributed by atoms with E-state index in [9.17, 15) is 4.21 Å². The molecule has 1 aliphatic rings. The molecule has 1 heterocycles. The monoisotopic (exact) mass is 374 g/mol. The number of aryl methyl sites for hydroxylation is 2. The van der Waals surface area contributed by atoms with Crippen molar-refractivity contribution in [2.45, 2.75) is 45.4 Å². The molecular formula is C20H26N2O3S. The molecule has 2 aromatic rings. The molecule has 3 rings (SSSR count). The van der Waals surface area contributed by atoms with Gasteiger partial charge in [-0.15, -0.1) is 0 Å². The Hall–Kier alpha value is -1.79. The Morgan fingerprint density at radius 1 is 1.12 bits per heavy atom. The van der Waals surface area contributed by atoms with Crippen LogP contribution in [0.2, 0.25) is 0 Å². The van der Waals surface area contributed by atoms with Gasteiger partial charge in [0.15, 0.2) is 11.1 Å². The predicted molar refractivity (Wildman–Crippen MR) is 103 cm³/mol. The molecule has 5 nitrogen and oxygen atoms in total. The summed E-state index contributed by atoms with van der Waals surface area (Å²) in [6.07, 6.45) is 6.25. The Labute approximate surface area is 157 Å². The average Bonchev–Trinajstić information content (AvgIpc) is 2.61. The molecule has 0 amide bonds. The normalized spacial score (nSPS) is 21.3. The fourth-order valence-electron chi connectivity index (χ4n) is 3.59. The topological polar surface area (TPSA) is 72.3 Å². The van der Waals surface area contributed by atoms with Gasteiger partial charge in [0.25, 0.3) is 0 Å². The second kappa shape index (κ2) is 9.24. The third-order valence-electron chi connectivity index (χ3n) is 4.96. The zero-order valence-electron chi connectivity index (χ0n) is 15.1. The van der Waals surface area contributed by atoms with Crippen LogP contribution in [0, 0.1) is 18.8 Å². The molecule has 1 fully saturated rings. The van der Waals surface area contributed by atoms with Gasteiger partial charge in [-0.25, -0.2) is 9.19 Å². The van der Waals surface area contributed by atoms with Crippen molar-refractivity contribution < 1.29 is 13.5 Å². The first kappa shape index (κ1) is 19.0. The summed E-state index contributed by atoms with van der Waals surface area (Å²) in [6.45, 7) is 1.96. The van der Waals surface area contributed by atoms with Crippen LogP contribution in [0.3, 0.4) is 0 Å². The lowest BCUT2D eigenvalue weighted by molar-refractivity contribution is 0.277. The van der Waals surface area contributed by atoms with E-state index in [4.69, 9.17) is 9.29 Å². The van der Waals surface area contributed by atoms with Crippen LogP contribution >= 0.6 is 0 Å². The highest BCUT2D eigenvalue weighted by molar-refractivity contribution is 7.79. The Balaban J connectivity index is 1.53. The molecular weight excluding hydrogens is 348 g/mol. The number of hydrogen-bond acceptors (Lipinski definition) is 4. The quantitative estimate of drug-likeness (QED) is 0.721. The molecule has 1 saturated carbocycles. The van der Waals surface area contributed by atoms with E-state index in [1.165, 1.54) is 0 Å². The Morgan fingerprint density at radius 3 is 2.50 bits per heavy atom. The van der Waals surface area contributed by atoms with E-state index in [-0.39, 0.29) is 0 Å². The highest BCUT2D eigenvalue weighted by atomic mass is 32.2. The summed E-state index contributed by atoms with van der Waals surface area (Å²) in [5, 5.41) is 0. The van der Waals surface area contributed by atoms with Gasteiger partial charge in [-0.3, -0.25) is 0 Å². The smallest absolute Gasteiger partial charge is 0.222 e. The number of para-hydroxylation sites is 1. The van der Waals surface area contributed by atoms with E-state index in [2.05, 4.69) is 9.97 Å². The molecule has 0 spiro atoms. The van der Waals surface area contributed by atoms with Gasteiger partial charge in [0, 0.05) is 18.2 Å². The van der Waals surface area contributed by atoms with Crippen molar-refractivity contribution >= 4 is 11.1 Å². The zero-order valence-corrected chi connectivity index (χ0v) is 16.0. The molecule has 1 aromatic carbocycles. The molecule has 1 aromatic heterocycles. The van der Waals surface area contributed by atoms with Gasteiger partial charge in [-0.1, -0.05) is 31.0 Å². The van der Waals surface area contributed by atoms with Crippen molar-refractivity contribution in [2.24, 2.45) is 11.8 Å². The summed E-state index contributed by atoms with van der Waals surface area (Å²) in [7, 11) is 0. The third kappa shape index (κ3) is 5.88. The fraction of sp³-hybridized carbons (Fsp3) is 0.500. The summed E-state index contributed by atoms with van der Waals surface area (Å²) in [4.78, 5) is 9.11. The van der Waals surface area contributed by atoms with E-state index in [0.717, 1.165) is 55.8 Å². The molecule has 0 saturated heterocycles. The van der Waals surface area contributed by atoms with Crippen LogP contribution in [0.25, 0.3) is 0 Å². The first-order valence-electron chi connectivity index (χ1n) is 9.23. The highest BCUT2D eigenvalue weighted by Gasteiger charge is 2.22. The zero-order chi connectivity index (χ0) is 18.4. The molecule has 6 heteroatoms. The Kier molecular flexibility index (Phi) is 6.74. The van der Waals surface area contributed by atoms with Gasteiger partial charge in [0.05, 0.1) is 5.75 Å².